The predicted molar refractivity (Wildman–Crippen MR) is 182 cm³/mol. The largest absolute Gasteiger partial charge is 0.488 e. The molecule has 7 nitrogen and oxygen atoms in total. The fourth-order valence-corrected chi connectivity index (χ4v) is 6.44. The standard InChI is InChI=1S/C38H39ClF2N2O5/c1-4-42-37(44)32-12-8-11-31(24(32)3)30-10-7-9-26(23(30)2)22-48-36-19-35(47-21-25-15-28(40)18-29(41)16-25)27(17-33(36)39)20-43-14-6-5-13-34(43)38(45)46/h7-12,15-19,34H,4-6,13-14,20-22H2,1-3H3,(H,42,44)(H,45,46). The first-order valence-corrected chi connectivity index (χ1v) is 16.4. The van der Waals surface area contributed by atoms with E-state index in [0.29, 0.717) is 52.7 Å². The van der Waals surface area contributed by atoms with Gasteiger partial charge in [0.05, 0.1) is 5.02 Å². The van der Waals surface area contributed by atoms with Crippen molar-refractivity contribution in [2.24, 2.45) is 0 Å². The summed E-state index contributed by atoms with van der Waals surface area (Å²) in [6.45, 7) is 7.27. The van der Waals surface area contributed by atoms with Gasteiger partial charge in [-0.25, -0.2) is 8.78 Å². The van der Waals surface area contributed by atoms with E-state index >= 15 is 0 Å². The fraction of sp³-hybridized carbons (Fsp3) is 0.316. The van der Waals surface area contributed by atoms with Gasteiger partial charge in [0.25, 0.3) is 5.91 Å². The van der Waals surface area contributed by atoms with Gasteiger partial charge < -0.3 is 19.9 Å². The van der Waals surface area contributed by atoms with Gasteiger partial charge in [-0.15, -0.1) is 0 Å². The molecule has 4 aromatic rings. The van der Waals surface area contributed by atoms with Crippen LogP contribution >= 0.6 is 11.6 Å². The van der Waals surface area contributed by atoms with Gasteiger partial charge in [-0.05, 0) is 97.8 Å². The van der Waals surface area contributed by atoms with Gasteiger partial charge in [-0.3, -0.25) is 14.5 Å². The molecule has 0 radical (unpaired) electrons. The highest BCUT2D eigenvalue weighted by atomic mass is 35.5. The number of likely N-dealkylation sites (tertiary alicyclic amines) is 1. The first-order valence-electron chi connectivity index (χ1n) is 16.0. The van der Waals surface area contributed by atoms with Crippen LogP contribution in [0.1, 0.15) is 64.4 Å². The summed E-state index contributed by atoms with van der Waals surface area (Å²) < 4.78 is 40.2. The van der Waals surface area contributed by atoms with Gasteiger partial charge in [0.15, 0.2) is 0 Å². The maximum atomic E-state index is 13.9. The predicted octanol–water partition coefficient (Wildman–Crippen LogP) is 8.25. The van der Waals surface area contributed by atoms with Crippen molar-refractivity contribution in [3.63, 3.8) is 0 Å². The highest BCUT2D eigenvalue weighted by Crippen LogP contribution is 2.37. The third-order valence-electron chi connectivity index (χ3n) is 8.74. The summed E-state index contributed by atoms with van der Waals surface area (Å²) in [6.07, 6.45) is 2.23. The number of ether oxygens (including phenoxy) is 2. The lowest BCUT2D eigenvalue weighted by atomic mass is 9.91. The second-order valence-electron chi connectivity index (χ2n) is 12.0. The number of halogens is 3. The van der Waals surface area contributed by atoms with Crippen LogP contribution in [-0.2, 0) is 24.6 Å². The van der Waals surface area contributed by atoms with Crippen molar-refractivity contribution in [2.75, 3.05) is 13.1 Å². The van der Waals surface area contributed by atoms with E-state index in [-0.39, 0.29) is 25.7 Å². The number of amides is 1. The highest BCUT2D eigenvalue weighted by molar-refractivity contribution is 6.32. The molecule has 1 unspecified atom stereocenters. The van der Waals surface area contributed by atoms with Crippen molar-refractivity contribution in [1.82, 2.24) is 10.2 Å². The van der Waals surface area contributed by atoms with Gasteiger partial charge in [0, 0.05) is 36.3 Å². The number of nitrogens with one attached hydrogen (secondary N) is 1. The Morgan fingerprint density at radius 3 is 2.29 bits per heavy atom. The number of carboxylic acid groups (broad SMARTS) is 1. The Hall–Kier alpha value is -4.47. The van der Waals surface area contributed by atoms with Crippen LogP contribution in [0.5, 0.6) is 11.5 Å². The van der Waals surface area contributed by atoms with Crippen molar-refractivity contribution in [3.05, 3.63) is 117 Å². The fourth-order valence-electron chi connectivity index (χ4n) is 6.19. The van der Waals surface area contributed by atoms with E-state index in [0.717, 1.165) is 46.7 Å². The minimum absolute atomic E-state index is 0.119. The molecule has 1 amide bonds. The van der Waals surface area contributed by atoms with Gasteiger partial charge in [-0.1, -0.05) is 48.4 Å². The molecule has 0 bridgehead atoms. The molecule has 48 heavy (non-hydrogen) atoms. The number of carboxylic acids is 1. The van der Waals surface area contributed by atoms with E-state index in [1.54, 1.807) is 12.1 Å². The first kappa shape index (κ1) is 34.9. The Morgan fingerprint density at radius 2 is 1.58 bits per heavy atom. The molecule has 0 saturated carbocycles. The van der Waals surface area contributed by atoms with Crippen LogP contribution in [0.3, 0.4) is 0 Å². The Balaban J connectivity index is 1.42. The molecular weight excluding hydrogens is 638 g/mol. The third kappa shape index (κ3) is 8.14. The van der Waals surface area contributed by atoms with Gasteiger partial charge >= 0.3 is 5.97 Å². The zero-order valence-electron chi connectivity index (χ0n) is 27.2. The number of aliphatic carboxylic acids is 1. The average molecular weight is 677 g/mol. The smallest absolute Gasteiger partial charge is 0.320 e. The summed E-state index contributed by atoms with van der Waals surface area (Å²) in [6, 6.07) is 17.5. The van der Waals surface area contributed by atoms with Crippen LogP contribution < -0.4 is 14.8 Å². The topological polar surface area (TPSA) is 88.1 Å². The van der Waals surface area contributed by atoms with Crippen LogP contribution in [0.25, 0.3) is 11.1 Å². The number of hydrogen-bond acceptors (Lipinski definition) is 5. The molecule has 1 heterocycles. The second-order valence-corrected chi connectivity index (χ2v) is 12.4. The van der Waals surface area contributed by atoms with E-state index < -0.39 is 23.6 Å². The van der Waals surface area contributed by atoms with Crippen molar-refractivity contribution in [3.8, 4) is 22.6 Å². The Kier molecular flexibility index (Phi) is 11.3. The van der Waals surface area contributed by atoms with Crippen LogP contribution in [0, 0.1) is 25.5 Å². The number of nitrogens with zero attached hydrogens (tertiary/aromatic N) is 1. The van der Waals surface area contributed by atoms with Crippen molar-refractivity contribution < 1.29 is 33.0 Å². The summed E-state index contributed by atoms with van der Waals surface area (Å²) in [7, 11) is 0. The number of benzene rings is 4. The van der Waals surface area contributed by atoms with Crippen molar-refractivity contribution >= 4 is 23.5 Å². The molecule has 0 aliphatic carbocycles. The summed E-state index contributed by atoms with van der Waals surface area (Å²) in [5, 5.41) is 13.0. The Morgan fingerprint density at radius 1 is 0.896 bits per heavy atom. The van der Waals surface area contributed by atoms with Crippen LogP contribution in [0.4, 0.5) is 8.78 Å². The summed E-state index contributed by atoms with van der Waals surface area (Å²) in [4.78, 5) is 26.5. The molecule has 0 spiro atoms. The quantitative estimate of drug-likeness (QED) is 0.157. The normalized spacial score (nSPS) is 14.8. The van der Waals surface area contributed by atoms with E-state index in [1.807, 2.05) is 62.1 Å². The molecule has 10 heteroatoms. The highest BCUT2D eigenvalue weighted by Gasteiger charge is 2.29. The minimum atomic E-state index is -0.887. The van der Waals surface area contributed by atoms with Crippen molar-refractivity contribution in [1.29, 1.82) is 0 Å². The van der Waals surface area contributed by atoms with E-state index in [1.165, 1.54) is 12.1 Å². The number of piperidine rings is 1. The molecule has 1 aliphatic rings. The molecular formula is C38H39ClF2N2O5. The number of carbonyl (C=O) groups is 2. The summed E-state index contributed by atoms with van der Waals surface area (Å²) in [5.41, 5.74) is 6.25. The molecule has 2 N–H and O–H groups in total. The Bertz CT molecular complexity index is 1790. The maximum Gasteiger partial charge on any atom is 0.320 e. The summed E-state index contributed by atoms with van der Waals surface area (Å²) in [5.74, 6) is -1.72. The average Bonchev–Trinajstić information content (AvgIpc) is 3.04. The lowest BCUT2D eigenvalue weighted by Gasteiger charge is -2.33. The van der Waals surface area contributed by atoms with Gasteiger partial charge in [0.1, 0.15) is 42.4 Å². The molecule has 1 aliphatic heterocycles. The van der Waals surface area contributed by atoms with Gasteiger partial charge in [-0.2, -0.15) is 0 Å². The SMILES string of the molecule is CCNC(=O)c1cccc(-c2cccc(COc3cc(OCc4cc(F)cc(F)c4)c(CN4CCCCC4C(=O)O)cc3Cl)c2C)c1C. The van der Waals surface area contributed by atoms with Crippen LogP contribution in [0.2, 0.25) is 5.02 Å². The molecule has 1 saturated heterocycles. The number of rotatable bonds is 12. The van der Waals surface area contributed by atoms with Crippen molar-refractivity contribution in [2.45, 2.75) is 65.8 Å². The number of carbonyl (C=O) groups excluding carboxylic acids is 1. The maximum absolute atomic E-state index is 13.9. The lowest BCUT2D eigenvalue weighted by Crippen LogP contribution is -2.44. The molecule has 4 aromatic carbocycles. The molecule has 0 aromatic heterocycles. The zero-order valence-corrected chi connectivity index (χ0v) is 28.0. The van der Waals surface area contributed by atoms with E-state index in [2.05, 4.69) is 5.32 Å². The van der Waals surface area contributed by atoms with Crippen LogP contribution in [0.15, 0.2) is 66.7 Å². The molecule has 252 valence electrons. The first-order chi connectivity index (χ1) is 23.0. The van der Waals surface area contributed by atoms with E-state index in [9.17, 15) is 23.5 Å². The van der Waals surface area contributed by atoms with E-state index in [4.69, 9.17) is 21.1 Å². The Labute approximate surface area is 284 Å². The minimum Gasteiger partial charge on any atom is -0.488 e. The molecule has 1 atom stereocenters. The lowest BCUT2D eigenvalue weighted by molar-refractivity contribution is -0.144. The second kappa shape index (κ2) is 15.6. The zero-order chi connectivity index (χ0) is 34.4. The van der Waals surface area contributed by atoms with Crippen LogP contribution in [-0.4, -0.2) is 41.0 Å². The molecule has 1 fully saturated rings. The molecule has 5 rings (SSSR count). The number of hydrogen-bond donors (Lipinski definition) is 2. The van der Waals surface area contributed by atoms with Gasteiger partial charge in [0.2, 0.25) is 0 Å². The third-order valence-corrected chi connectivity index (χ3v) is 9.03. The monoisotopic (exact) mass is 676 g/mol. The summed E-state index contributed by atoms with van der Waals surface area (Å²) >= 11 is 6.75.